The summed E-state index contributed by atoms with van der Waals surface area (Å²) in [4.78, 5) is 21.5. The topological polar surface area (TPSA) is 94.6 Å². The van der Waals surface area contributed by atoms with E-state index < -0.39 is 11.9 Å². The van der Waals surface area contributed by atoms with Crippen LogP contribution in [0.1, 0.15) is 59.4 Å². The van der Waals surface area contributed by atoms with Gasteiger partial charge >= 0.3 is 5.97 Å². The molecule has 1 aliphatic heterocycles. The summed E-state index contributed by atoms with van der Waals surface area (Å²) in [6.45, 7) is 10.5. The Morgan fingerprint density at radius 1 is 1.05 bits per heavy atom. The fourth-order valence-electron chi connectivity index (χ4n) is 5.60. The lowest BCUT2D eigenvalue weighted by atomic mass is 9.75. The predicted molar refractivity (Wildman–Crippen MR) is 157 cm³/mol. The number of rotatable bonds is 9. The molecule has 9 heteroatoms. The molecule has 0 amide bonds. The van der Waals surface area contributed by atoms with Gasteiger partial charge in [0.05, 0.1) is 12.3 Å². The number of carbonyl (C=O) groups is 1. The number of fused-ring (bicyclic) bond motifs is 1. The highest BCUT2D eigenvalue weighted by atomic mass is 19.1. The number of anilines is 4. The first-order chi connectivity index (χ1) is 19.6. The van der Waals surface area contributed by atoms with Crippen LogP contribution < -0.4 is 20.1 Å². The number of carbonyl (C=O) groups excluding carboxylic acids is 1. The summed E-state index contributed by atoms with van der Waals surface area (Å²) in [7, 11) is 0. The van der Waals surface area contributed by atoms with Gasteiger partial charge in [-0.25, -0.2) is 14.2 Å². The van der Waals surface area contributed by atoms with E-state index in [1.54, 1.807) is 12.1 Å². The number of aromatic nitrogens is 2. The van der Waals surface area contributed by atoms with Gasteiger partial charge in [0, 0.05) is 23.4 Å². The third-order valence-electron chi connectivity index (χ3n) is 7.72. The SMILES string of the molecule is CC(C)Oc1ccc(Nc2nc(Nc3ccc4c(c3)CC(C(=O)O[C@@H]3C[C@H](C)CCC3C(C)C)O4)ncc2F)cc1. The smallest absolute Gasteiger partial charge is 0.347 e. The molecule has 4 atom stereocenters. The molecule has 1 aliphatic carbocycles. The highest BCUT2D eigenvalue weighted by Gasteiger charge is 2.37. The van der Waals surface area contributed by atoms with Crippen LogP contribution in [0.5, 0.6) is 11.5 Å². The monoisotopic (exact) mass is 562 g/mol. The van der Waals surface area contributed by atoms with Gasteiger partial charge in [-0.2, -0.15) is 4.98 Å². The average molecular weight is 563 g/mol. The third-order valence-corrected chi connectivity index (χ3v) is 7.72. The average Bonchev–Trinajstić information content (AvgIpc) is 3.35. The molecule has 0 spiro atoms. The van der Waals surface area contributed by atoms with Crippen molar-refractivity contribution in [1.82, 2.24) is 9.97 Å². The number of esters is 1. The van der Waals surface area contributed by atoms with Gasteiger partial charge in [0.1, 0.15) is 17.6 Å². The van der Waals surface area contributed by atoms with Gasteiger partial charge in [0.2, 0.25) is 5.95 Å². The number of halogens is 1. The summed E-state index contributed by atoms with van der Waals surface area (Å²) in [6.07, 6.45) is 4.03. The molecule has 218 valence electrons. The Kier molecular flexibility index (Phi) is 8.61. The lowest BCUT2D eigenvalue weighted by Crippen LogP contribution is -2.39. The molecule has 2 aliphatic rings. The van der Waals surface area contributed by atoms with Crippen molar-refractivity contribution in [2.24, 2.45) is 17.8 Å². The fraction of sp³-hybridized carbons (Fsp3) is 0.469. The molecule has 2 aromatic carbocycles. The zero-order valence-corrected chi connectivity index (χ0v) is 24.3. The number of hydrogen-bond donors (Lipinski definition) is 2. The van der Waals surface area contributed by atoms with Crippen LogP contribution in [-0.2, 0) is 16.0 Å². The minimum Gasteiger partial charge on any atom is -0.491 e. The van der Waals surface area contributed by atoms with E-state index in [1.807, 2.05) is 44.2 Å². The summed E-state index contributed by atoms with van der Waals surface area (Å²) >= 11 is 0. The standard InChI is InChI=1S/C32H39FN4O4/c1-18(2)25-12-6-20(5)14-28(25)41-31(38)29-16-21-15-23(9-13-27(21)40-29)36-32-34-17-26(33)30(37-32)35-22-7-10-24(11-8-22)39-19(3)4/h7-11,13,15,17-20,25,28-29H,6,12,14,16H2,1-5H3,(H2,34,35,36,37)/t20-,25?,28-,29?/m1/s1. The Balaban J connectivity index is 1.22. The van der Waals surface area contributed by atoms with Crippen molar-refractivity contribution in [2.75, 3.05) is 10.6 Å². The molecule has 2 heterocycles. The Morgan fingerprint density at radius 3 is 2.54 bits per heavy atom. The minimum atomic E-state index is -0.666. The van der Waals surface area contributed by atoms with Crippen LogP contribution in [0.3, 0.4) is 0 Å². The van der Waals surface area contributed by atoms with Crippen LogP contribution in [0, 0.1) is 23.6 Å². The van der Waals surface area contributed by atoms with Crippen LogP contribution in [0.25, 0.3) is 0 Å². The van der Waals surface area contributed by atoms with Crippen molar-refractivity contribution < 1.29 is 23.4 Å². The lowest BCUT2D eigenvalue weighted by molar-refractivity contribution is -0.163. The van der Waals surface area contributed by atoms with Crippen molar-refractivity contribution in [1.29, 1.82) is 0 Å². The quantitative estimate of drug-likeness (QED) is 0.265. The van der Waals surface area contributed by atoms with Crippen molar-refractivity contribution in [2.45, 2.75) is 78.6 Å². The molecule has 1 saturated carbocycles. The zero-order chi connectivity index (χ0) is 29.1. The summed E-state index contributed by atoms with van der Waals surface area (Å²) in [6, 6.07) is 12.8. The molecule has 3 aromatic rings. The number of benzene rings is 2. The molecular formula is C32H39FN4O4. The Bertz CT molecular complexity index is 1360. The van der Waals surface area contributed by atoms with Crippen molar-refractivity contribution >= 4 is 29.1 Å². The van der Waals surface area contributed by atoms with Crippen molar-refractivity contribution in [3.8, 4) is 11.5 Å². The molecule has 2 unspecified atom stereocenters. The van der Waals surface area contributed by atoms with Crippen LogP contribution in [0.15, 0.2) is 48.7 Å². The van der Waals surface area contributed by atoms with E-state index in [-0.39, 0.29) is 29.9 Å². The second kappa shape index (κ2) is 12.3. The van der Waals surface area contributed by atoms with Gasteiger partial charge < -0.3 is 24.8 Å². The van der Waals surface area contributed by atoms with Gasteiger partial charge in [-0.1, -0.05) is 27.2 Å². The molecule has 0 radical (unpaired) electrons. The first-order valence-electron chi connectivity index (χ1n) is 14.5. The first-order valence-corrected chi connectivity index (χ1v) is 14.5. The van der Waals surface area contributed by atoms with E-state index >= 15 is 0 Å². The molecule has 5 rings (SSSR count). The van der Waals surface area contributed by atoms with Gasteiger partial charge in [-0.15, -0.1) is 0 Å². The van der Waals surface area contributed by atoms with E-state index in [4.69, 9.17) is 14.2 Å². The van der Waals surface area contributed by atoms with Gasteiger partial charge in [-0.05, 0) is 86.9 Å². The number of ether oxygens (including phenoxy) is 3. The van der Waals surface area contributed by atoms with Crippen LogP contribution in [0.4, 0.5) is 27.5 Å². The van der Waals surface area contributed by atoms with Gasteiger partial charge in [0.15, 0.2) is 17.7 Å². The zero-order valence-electron chi connectivity index (χ0n) is 24.3. The van der Waals surface area contributed by atoms with E-state index in [1.165, 1.54) is 6.42 Å². The molecule has 41 heavy (non-hydrogen) atoms. The summed E-state index contributed by atoms with van der Waals surface area (Å²) in [5.41, 5.74) is 2.26. The molecule has 8 nitrogen and oxygen atoms in total. The van der Waals surface area contributed by atoms with E-state index in [0.717, 1.165) is 30.4 Å². The molecular weight excluding hydrogens is 523 g/mol. The minimum absolute atomic E-state index is 0.0454. The van der Waals surface area contributed by atoms with Crippen LogP contribution in [-0.4, -0.2) is 34.2 Å². The van der Waals surface area contributed by atoms with E-state index in [0.29, 0.717) is 41.3 Å². The van der Waals surface area contributed by atoms with Gasteiger partial charge in [0.25, 0.3) is 0 Å². The van der Waals surface area contributed by atoms with Crippen LogP contribution in [0.2, 0.25) is 0 Å². The maximum Gasteiger partial charge on any atom is 0.347 e. The van der Waals surface area contributed by atoms with Crippen molar-refractivity contribution in [3.05, 3.63) is 60.0 Å². The van der Waals surface area contributed by atoms with Gasteiger partial charge in [-0.3, -0.25) is 0 Å². The Labute approximate surface area is 241 Å². The molecule has 1 fully saturated rings. The highest BCUT2D eigenvalue weighted by molar-refractivity contribution is 5.77. The molecule has 0 bridgehead atoms. The Hall–Kier alpha value is -3.88. The predicted octanol–water partition coefficient (Wildman–Crippen LogP) is 7.20. The Morgan fingerprint density at radius 2 is 1.80 bits per heavy atom. The number of hydrogen-bond acceptors (Lipinski definition) is 8. The summed E-state index contributed by atoms with van der Waals surface area (Å²) in [5, 5.41) is 6.12. The highest BCUT2D eigenvalue weighted by Crippen LogP contribution is 2.37. The lowest BCUT2D eigenvalue weighted by Gasteiger charge is -2.37. The second-order valence-corrected chi connectivity index (χ2v) is 11.8. The van der Waals surface area contributed by atoms with E-state index in [2.05, 4.69) is 41.4 Å². The first kappa shape index (κ1) is 28.6. The fourth-order valence-corrected chi connectivity index (χ4v) is 5.60. The van der Waals surface area contributed by atoms with Crippen molar-refractivity contribution in [3.63, 3.8) is 0 Å². The number of nitrogens with zero attached hydrogens (tertiary/aromatic N) is 2. The van der Waals surface area contributed by atoms with E-state index in [9.17, 15) is 9.18 Å². The maximum atomic E-state index is 14.5. The molecule has 1 aromatic heterocycles. The normalized spacial score (nSPS) is 21.8. The second-order valence-electron chi connectivity index (χ2n) is 11.8. The van der Waals surface area contributed by atoms with Crippen LogP contribution >= 0.6 is 0 Å². The number of nitrogens with one attached hydrogen (secondary N) is 2. The third kappa shape index (κ3) is 7.07. The summed E-state index contributed by atoms with van der Waals surface area (Å²) < 4.78 is 32.2. The maximum absolute atomic E-state index is 14.5. The largest absolute Gasteiger partial charge is 0.491 e. The summed E-state index contributed by atoms with van der Waals surface area (Å²) in [5.74, 6) is 2.17. The molecule has 2 N–H and O–H groups in total. The molecule has 0 saturated heterocycles.